The first-order valence-corrected chi connectivity index (χ1v) is 7.59. The van der Waals surface area contributed by atoms with E-state index in [2.05, 4.69) is 36.0 Å². The monoisotopic (exact) mass is 322 g/mol. The van der Waals surface area contributed by atoms with Crippen molar-refractivity contribution in [3.63, 3.8) is 0 Å². The number of nitrogens with zero attached hydrogens (tertiary/aromatic N) is 4. The second-order valence-electron chi connectivity index (χ2n) is 6.51. The maximum atomic E-state index is 11.4. The van der Waals surface area contributed by atoms with Gasteiger partial charge in [-0.15, -0.1) is 10.2 Å². The van der Waals surface area contributed by atoms with Crippen molar-refractivity contribution in [1.29, 1.82) is 0 Å². The largest absolute Gasteiger partial charge is 0.476 e. The predicted molar refractivity (Wildman–Crippen MR) is 91.5 cm³/mol. The Kier molecular flexibility index (Phi) is 3.89. The first kappa shape index (κ1) is 15.9. The van der Waals surface area contributed by atoms with E-state index >= 15 is 0 Å². The fourth-order valence-corrected chi connectivity index (χ4v) is 2.36. The third-order valence-electron chi connectivity index (χ3n) is 3.70. The number of rotatable bonds is 3. The van der Waals surface area contributed by atoms with Crippen molar-refractivity contribution < 1.29 is 9.90 Å². The van der Waals surface area contributed by atoms with Crippen LogP contribution in [0, 0.1) is 0 Å². The molecule has 0 aliphatic rings. The summed E-state index contributed by atoms with van der Waals surface area (Å²) in [6, 6.07) is 13.0. The summed E-state index contributed by atoms with van der Waals surface area (Å²) in [5.74, 6) is -0.922. The zero-order valence-electron chi connectivity index (χ0n) is 13.8. The second-order valence-corrected chi connectivity index (χ2v) is 6.51. The highest BCUT2D eigenvalue weighted by Gasteiger charge is 2.18. The van der Waals surface area contributed by atoms with Gasteiger partial charge in [-0.05, 0) is 35.2 Å². The van der Waals surface area contributed by atoms with Crippen LogP contribution in [0.1, 0.15) is 36.8 Å². The van der Waals surface area contributed by atoms with Crippen LogP contribution < -0.4 is 0 Å². The molecule has 24 heavy (non-hydrogen) atoms. The van der Waals surface area contributed by atoms with Gasteiger partial charge in [-0.2, -0.15) is 0 Å². The van der Waals surface area contributed by atoms with Crippen LogP contribution in [0.25, 0.3) is 5.65 Å². The Morgan fingerprint density at radius 2 is 1.79 bits per heavy atom. The Balaban J connectivity index is 1.98. The number of hydrogen-bond acceptors (Lipinski definition) is 4. The number of hydrogen-bond donors (Lipinski definition) is 1. The zero-order chi connectivity index (χ0) is 17.3. The number of aromatic carboxylic acids is 1. The number of imidazole rings is 1. The van der Waals surface area contributed by atoms with E-state index < -0.39 is 5.97 Å². The molecule has 3 aromatic rings. The molecule has 122 valence electrons. The van der Waals surface area contributed by atoms with Gasteiger partial charge in [0, 0.05) is 6.20 Å². The molecule has 0 amide bonds. The Morgan fingerprint density at radius 3 is 2.42 bits per heavy atom. The molecule has 0 saturated carbocycles. The number of aromatic nitrogens is 2. The van der Waals surface area contributed by atoms with E-state index in [1.54, 1.807) is 28.8 Å². The molecular formula is C18H18N4O2. The second kappa shape index (κ2) is 5.88. The summed E-state index contributed by atoms with van der Waals surface area (Å²) in [4.78, 5) is 15.5. The Bertz CT molecular complexity index is 918. The molecule has 6 nitrogen and oxygen atoms in total. The molecule has 1 aromatic carbocycles. The standard InChI is InChI=1S/C18H18N4O2/c1-18(2,3)12-7-9-13(10-8-12)20-21-16-15(17(23)24)19-14-6-4-5-11-22(14)16/h4-11H,1-3H3,(H,23,24). The smallest absolute Gasteiger partial charge is 0.358 e. The van der Waals surface area contributed by atoms with E-state index in [1.807, 2.05) is 24.3 Å². The number of azo groups is 1. The summed E-state index contributed by atoms with van der Waals surface area (Å²) in [5, 5.41) is 17.6. The van der Waals surface area contributed by atoms with Gasteiger partial charge in [-0.3, -0.25) is 4.40 Å². The fourth-order valence-electron chi connectivity index (χ4n) is 2.36. The highest BCUT2D eigenvalue weighted by Crippen LogP contribution is 2.27. The first-order chi connectivity index (χ1) is 11.4. The summed E-state index contributed by atoms with van der Waals surface area (Å²) in [6.45, 7) is 6.42. The summed E-state index contributed by atoms with van der Waals surface area (Å²) in [5.41, 5.74) is 2.32. The Labute approximate surface area is 139 Å². The molecule has 0 aliphatic carbocycles. The van der Waals surface area contributed by atoms with Crippen molar-refractivity contribution in [2.75, 3.05) is 0 Å². The summed E-state index contributed by atoms with van der Waals surface area (Å²) in [7, 11) is 0. The molecule has 1 N–H and O–H groups in total. The number of carboxylic acids is 1. The quantitative estimate of drug-likeness (QED) is 0.707. The molecule has 0 radical (unpaired) electrons. The van der Waals surface area contributed by atoms with Gasteiger partial charge in [0.15, 0.2) is 11.5 Å². The molecule has 0 unspecified atom stereocenters. The minimum atomic E-state index is -1.13. The van der Waals surface area contributed by atoms with Crippen LogP contribution in [0.2, 0.25) is 0 Å². The van der Waals surface area contributed by atoms with Crippen LogP contribution in [0.15, 0.2) is 58.9 Å². The molecule has 0 aliphatic heterocycles. The lowest BCUT2D eigenvalue weighted by molar-refractivity contribution is 0.0692. The minimum absolute atomic E-state index is 0.0633. The third kappa shape index (κ3) is 3.03. The normalized spacial score (nSPS) is 12.1. The summed E-state index contributed by atoms with van der Waals surface area (Å²) >= 11 is 0. The molecule has 0 atom stereocenters. The van der Waals surface area contributed by atoms with Gasteiger partial charge >= 0.3 is 5.97 Å². The van der Waals surface area contributed by atoms with Gasteiger partial charge in [-0.1, -0.05) is 39.0 Å². The van der Waals surface area contributed by atoms with E-state index in [-0.39, 0.29) is 16.9 Å². The molecule has 2 aromatic heterocycles. The average molecular weight is 322 g/mol. The number of carbonyl (C=O) groups is 1. The van der Waals surface area contributed by atoms with Gasteiger partial charge in [0.2, 0.25) is 0 Å². The SMILES string of the molecule is CC(C)(C)c1ccc(N=Nc2c(C(=O)O)nc3ccccn23)cc1. The highest BCUT2D eigenvalue weighted by atomic mass is 16.4. The molecule has 2 heterocycles. The van der Waals surface area contributed by atoms with E-state index in [0.717, 1.165) is 0 Å². The minimum Gasteiger partial charge on any atom is -0.476 e. The fraction of sp³-hybridized carbons (Fsp3) is 0.222. The van der Waals surface area contributed by atoms with Crippen molar-refractivity contribution in [1.82, 2.24) is 9.38 Å². The summed E-state index contributed by atoms with van der Waals surface area (Å²) in [6.07, 6.45) is 1.71. The van der Waals surface area contributed by atoms with Gasteiger partial charge in [0.25, 0.3) is 0 Å². The molecule has 0 saturated heterocycles. The highest BCUT2D eigenvalue weighted by molar-refractivity contribution is 5.91. The molecular weight excluding hydrogens is 304 g/mol. The van der Waals surface area contributed by atoms with Gasteiger partial charge < -0.3 is 5.11 Å². The van der Waals surface area contributed by atoms with Crippen LogP contribution in [0.5, 0.6) is 0 Å². The molecule has 6 heteroatoms. The van der Waals surface area contributed by atoms with Crippen molar-refractivity contribution in [2.45, 2.75) is 26.2 Å². The zero-order valence-corrected chi connectivity index (χ0v) is 13.8. The molecule has 0 fully saturated rings. The van der Waals surface area contributed by atoms with E-state index in [1.165, 1.54) is 5.56 Å². The van der Waals surface area contributed by atoms with Gasteiger partial charge in [0.1, 0.15) is 5.65 Å². The summed E-state index contributed by atoms with van der Waals surface area (Å²) < 4.78 is 1.61. The molecule has 0 spiro atoms. The lowest BCUT2D eigenvalue weighted by atomic mass is 9.87. The van der Waals surface area contributed by atoms with Gasteiger partial charge in [0.05, 0.1) is 5.69 Å². The third-order valence-corrected chi connectivity index (χ3v) is 3.70. The van der Waals surface area contributed by atoms with E-state index in [0.29, 0.717) is 11.3 Å². The maximum Gasteiger partial charge on any atom is 0.358 e. The topological polar surface area (TPSA) is 79.3 Å². The van der Waals surface area contributed by atoms with Crippen LogP contribution in [-0.4, -0.2) is 20.5 Å². The van der Waals surface area contributed by atoms with Crippen molar-refractivity contribution in [2.24, 2.45) is 10.2 Å². The molecule has 3 rings (SSSR count). The number of benzene rings is 1. The van der Waals surface area contributed by atoms with E-state index in [9.17, 15) is 9.90 Å². The average Bonchev–Trinajstić information content (AvgIpc) is 2.91. The van der Waals surface area contributed by atoms with Crippen LogP contribution in [-0.2, 0) is 5.41 Å². The van der Waals surface area contributed by atoms with Crippen molar-refractivity contribution in [3.8, 4) is 0 Å². The van der Waals surface area contributed by atoms with Crippen LogP contribution in [0.4, 0.5) is 11.5 Å². The van der Waals surface area contributed by atoms with E-state index in [4.69, 9.17) is 0 Å². The first-order valence-electron chi connectivity index (χ1n) is 7.59. The number of pyridine rings is 1. The predicted octanol–water partition coefficient (Wildman–Crippen LogP) is 4.75. The number of fused-ring (bicyclic) bond motifs is 1. The maximum absolute atomic E-state index is 11.4. The Morgan fingerprint density at radius 1 is 1.08 bits per heavy atom. The molecule has 0 bridgehead atoms. The van der Waals surface area contributed by atoms with Gasteiger partial charge in [-0.25, -0.2) is 9.78 Å². The number of carboxylic acid groups (broad SMARTS) is 1. The van der Waals surface area contributed by atoms with Crippen molar-refractivity contribution in [3.05, 3.63) is 59.9 Å². The van der Waals surface area contributed by atoms with Crippen LogP contribution in [0.3, 0.4) is 0 Å². The van der Waals surface area contributed by atoms with Crippen LogP contribution >= 0.6 is 0 Å². The lowest BCUT2D eigenvalue weighted by Crippen LogP contribution is -2.10. The van der Waals surface area contributed by atoms with Crippen molar-refractivity contribution >= 4 is 23.1 Å². The Hall–Kier alpha value is -3.02. The lowest BCUT2D eigenvalue weighted by Gasteiger charge is -2.18.